The third kappa shape index (κ3) is 7.75. The van der Waals surface area contributed by atoms with Gasteiger partial charge in [0.2, 0.25) is 5.91 Å². The smallest absolute Gasteiger partial charge is 0.339 e. The Morgan fingerprint density at radius 2 is 1.68 bits per heavy atom. The number of thioether (sulfide) groups is 1. The fourth-order valence-corrected chi connectivity index (χ4v) is 3.50. The molecule has 7 heteroatoms. The van der Waals surface area contributed by atoms with Gasteiger partial charge in [-0.2, -0.15) is 0 Å². The molecule has 1 N–H and O–H groups in total. The van der Waals surface area contributed by atoms with Crippen LogP contribution in [-0.4, -0.2) is 43.7 Å². The zero-order valence-corrected chi connectivity index (χ0v) is 19.2. The number of hydrogen-bond donors (Lipinski definition) is 1. The summed E-state index contributed by atoms with van der Waals surface area (Å²) in [6, 6.07) is 14.6. The number of carbonyl (C=O) groups is 3. The lowest BCUT2D eigenvalue weighted by atomic mass is 9.91. The number of ketones is 1. The number of benzene rings is 2. The fraction of sp³-hybridized carbons (Fsp3) is 0.375. The SMILES string of the molecule is COc1ccccc1CCNC(=O)CSc1ccccc1C(=O)OCC(=O)C(C)(C)C. The van der Waals surface area contributed by atoms with Crippen LogP contribution in [0.25, 0.3) is 0 Å². The second-order valence-electron chi connectivity index (χ2n) is 7.95. The maximum absolute atomic E-state index is 12.4. The average molecular weight is 444 g/mol. The molecule has 6 nitrogen and oxygen atoms in total. The van der Waals surface area contributed by atoms with E-state index in [-0.39, 0.29) is 24.1 Å². The first-order valence-electron chi connectivity index (χ1n) is 10.0. The van der Waals surface area contributed by atoms with E-state index in [0.29, 0.717) is 23.4 Å². The minimum absolute atomic E-state index is 0.133. The fourth-order valence-electron chi connectivity index (χ4n) is 2.63. The van der Waals surface area contributed by atoms with Crippen LogP contribution in [0.4, 0.5) is 0 Å². The lowest BCUT2D eigenvalue weighted by Gasteiger charge is -2.16. The zero-order chi connectivity index (χ0) is 22.9. The molecule has 0 saturated heterocycles. The van der Waals surface area contributed by atoms with Gasteiger partial charge in [0.25, 0.3) is 0 Å². The second kappa shape index (κ2) is 11.6. The van der Waals surface area contributed by atoms with Crippen LogP contribution in [0.15, 0.2) is 53.4 Å². The minimum Gasteiger partial charge on any atom is -0.496 e. The van der Waals surface area contributed by atoms with Crippen LogP contribution in [0.2, 0.25) is 0 Å². The van der Waals surface area contributed by atoms with Crippen molar-refractivity contribution >= 4 is 29.4 Å². The van der Waals surface area contributed by atoms with Gasteiger partial charge >= 0.3 is 5.97 Å². The molecule has 0 atom stereocenters. The molecule has 2 aromatic rings. The molecular weight excluding hydrogens is 414 g/mol. The number of ether oxygens (including phenoxy) is 2. The van der Waals surface area contributed by atoms with Crippen molar-refractivity contribution in [2.75, 3.05) is 26.0 Å². The number of Topliss-reactive ketones (excluding diaryl/α,β-unsaturated/α-hetero) is 1. The van der Waals surface area contributed by atoms with E-state index >= 15 is 0 Å². The average Bonchev–Trinajstić information content (AvgIpc) is 2.75. The normalized spacial score (nSPS) is 11.0. The van der Waals surface area contributed by atoms with Crippen molar-refractivity contribution in [3.05, 3.63) is 59.7 Å². The molecule has 0 saturated carbocycles. The number of amides is 1. The highest BCUT2D eigenvalue weighted by Gasteiger charge is 2.23. The number of carbonyl (C=O) groups excluding carboxylic acids is 3. The molecule has 0 aliphatic heterocycles. The van der Waals surface area contributed by atoms with Gasteiger partial charge in [0.1, 0.15) is 5.75 Å². The summed E-state index contributed by atoms with van der Waals surface area (Å²) in [5.74, 6) is 0.101. The van der Waals surface area contributed by atoms with Gasteiger partial charge in [-0.3, -0.25) is 9.59 Å². The van der Waals surface area contributed by atoms with Gasteiger partial charge in [0, 0.05) is 16.9 Å². The van der Waals surface area contributed by atoms with Crippen molar-refractivity contribution in [3.8, 4) is 5.75 Å². The molecule has 0 unspecified atom stereocenters. The van der Waals surface area contributed by atoms with E-state index in [2.05, 4.69) is 5.32 Å². The predicted molar refractivity (Wildman–Crippen MR) is 122 cm³/mol. The Morgan fingerprint density at radius 1 is 1.00 bits per heavy atom. The largest absolute Gasteiger partial charge is 0.496 e. The minimum atomic E-state index is -0.573. The molecule has 166 valence electrons. The Balaban J connectivity index is 1.86. The van der Waals surface area contributed by atoms with Gasteiger partial charge < -0.3 is 14.8 Å². The summed E-state index contributed by atoms with van der Waals surface area (Å²) in [6.45, 7) is 5.54. The van der Waals surface area contributed by atoms with Crippen molar-refractivity contribution in [1.82, 2.24) is 5.32 Å². The molecule has 0 aliphatic rings. The Labute approximate surface area is 187 Å². The predicted octanol–water partition coefficient (Wildman–Crippen LogP) is 3.92. The summed E-state index contributed by atoms with van der Waals surface area (Å²) < 4.78 is 10.5. The summed E-state index contributed by atoms with van der Waals surface area (Å²) in [6.07, 6.45) is 0.658. The van der Waals surface area contributed by atoms with Crippen LogP contribution < -0.4 is 10.1 Å². The summed E-state index contributed by atoms with van der Waals surface area (Å²) in [5.41, 5.74) is 0.794. The van der Waals surface area contributed by atoms with Crippen LogP contribution in [0.5, 0.6) is 5.75 Å². The molecule has 31 heavy (non-hydrogen) atoms. The Bertz CT molecular complexity index is 920. The molecule has 2 aromatic carbocycles. The molecular formula is C24H29NO5S. The summed E-state index contributed by atoms with van der Waals surface area (Å²) in [4.78, 5) is 37.3. The van der Waals surface area contributed by atoms with Crippen LogP contribution in [0, 0.1) is 5.41 Å². The highest BCUT2D eigenvalue weighted by atomic mass is 32.2. The number of para-hydroxylation sites is 1. The van der Waals surface area contributed by atoms with Gasteiger partial charge in [-0.25, -0.2) is 4.79 Å². The molecule has 0 radical (unpaired) electrons. The molecule has 0 bridgehead atoms. The van der Waals surface area contributed by atoms with Gasteiger partial charge in [-0.1, -0.05) is 51.1 Å². The standard InChI is InChI=1S/C24H29NO5S/c1-24(2,3)21(26)15-30-23(28)18-10-6-8-12-20(18)31-16-22(27)25-14-13-17-9-5-7-11-19(17)29-4/h5-12H,13-16H2,1-4H3,(H,25,27). The van der Waals surface area contributed by atoms with Crippen molar-refractivity contribution < 1.29 is 23.9 Å². The van der Waals surface area contributed by atoms with Gasteiger partial charge in [-0.15, -0.1) is 11.8 Å². The zero-order valence-electron chi connectivity index (χ0n) is 18.4. The number of hydrogen-bond acceptors (Lipinski definition) is 6. The van der Waals surface area contributed by atoms with E-state index < -0.39 is 11.4 Å². The van der Waals surface area contributed by atoms with Gasteiger partial charge in [0.05, 0.1) is 18.4 Å². The topological polar surface area (TPSA) is 81.7 Å². The second-order valence-corrected chi connectivity index (χ2v) is 8.96. The van der Waals surface area contributed by atoms with Crippen molar-refractivity contribution in [3.63, 3.8) is 0 Å². The first-order chi connectivity index (χ1) is 14.7. The van der Waals surface area contributed by atoms with E-state index in [1.54, 1.807) is 52.1 Å². The highest BCUT2D eigenvalue weighted by molar-refractivity contribution is 8.00. The summed E-state index contributed by atoms with van der Waals surface area (Å²) >= 11 is 1.25. The molecule has 0 aliphatic carbocycles. The first kappa shape index (κ1) is 24.5. The van der Waals surface area contributed by atoms with E-state index in [0.717, 1.165) is 11.3 Å². The van der Waals surface area contributed by atoms with Crippen LogP contribution in [0.3, 0.4) is 0 Å². The Hall–Kier alpha value is -2.80. The maximum Gasteiger partial charge on any atom is 0.339 e. The molecule has 0 heterocycles. The quantitative estimate of drug-likeness (QED) is 0.443. The first-order valence-corrected chi connectivity index (χ1v) is 11.0. The number of methoxy groups -OCH3 is 1. The third-order valence-electron chi connectivity index (χ3n) is 4.55. The molecule has 1 amide bonds. The molecule has 2 rings (SSSR count). The molecule has 0 spiro atoms. The van der Waals surface area contributed by atoms with Gasteiger partial charge in [0.15, 0.2) is 12.4 Å². The van der Waals surface area contributed by atoms with Crippen LogP contribution in [-0.2, 0) is 20.7 Å². The molecule has 0 aromatic heterocycles. The highest BCUT2D eigenvalue weighted by Crippen LogP contribution is 2.24. The van der Waals surface area contributed by atoms with Crippen LogP contribution >= 0.6 is 11.8 Å². The lowest BCUT2D eigenvalue weighted by molar-refractivity contribution is -0.129. The maximum atomic E-state index is 12.4. The number of esters is 1. The van der Waals surface area contributed by atoms with Crippen molar-refractivity contribution in [1.29, 1.82) is 0 Å². The summed E-state index contributed by atoms with van der Waals surface area (Å²) in [7, 11) is 1.62. The van der Waals surface area contributed by atoms with Crippen molar-refractivity contribution in [2.24, 2.45) is 5.41 Å². The van der Waals surface area contributed by atoms with Crippen molar-refractivity contribution in [2.45, 2.75) is 32.1 Å². The van der Waals surface area contributed by atoms with E-state index in [4.69, 9.17) is 9.47 Å². The monoisotopic (exact) mass is 443 g/mol. The van der Waals surface area contributed by atoms with Gasteiger partial charge in [-0.05, 0) is 30.2 Å². The van der Waals surface area contributed by atoms with E-state index in [1.165, 1.54) is 11.8 Å². The lowest BCUT2D eigenvalue weighted by Crippen LogP contribution is -2.27. The summed E-state index contributed by atoms with van der Waals surface area (Å²) in [5, 5.41) is 2.88. The number of nitrogens with one attached hydrogen (secondary N) is 1. The van der Waals surface area contributed by atoms with E-state index in [1.807, 2.05) is 24.3 Å². The Kier molecular flexibility index (Phi) is 9.12. The Morgan fingerprint density at radius 3 is 2.39 bits per heavy atom. The molecule has 0 fully saturated rings. The van der Waals surface area contributed by atoms with E-state index in [9.17, 15) is 14.4 Å². The van der Waals surface area contributed by atoms with Crippen LogP contribution in [0.1, 0.15) is 36.7 Å². The third-order valence-corrected chi connectivity index (χ3v) is 5.62. The number of rotatable bonds is 10.